The molecule has 12 heterocycles. The minimum absolute atomic E-state index is 0.0380. The van der Waals surface area contributed by atoms with Gasteiger partial charge in [0.15, 0.2) is 23.1 Å². The van der Waals surface area contributed by atoms with Crippen molar-refractivity contribution in [1.29, 1.82) is 0 Å². The fourth-order valence-electron chi connectivity index (χ4n) is 19.1. The molecule has 0 amide bonds. The Bertz CT molecular complexity index is 7480. The maximum atomic E-state index is 13.2. The van der Waals surface area contributed by atoms with Crippen LogP contribution in [0.15, 0.2) is 262 Å². The first kappa shape index (κ1) is 101. The summed E-state index contributed by atoms with van der Waals surface area (Å²) >= 11 is 12.4. The lowest BCUT2D eigenvalue weighted by molar-refractivity contribution is -0.139. The number of aryl methyl sites for hydroxylation is 4. The van der Waals surface area contributed by atoms with Crippen molar-refractivity contribution in [3.05, 3.63) is 328 Å². The number of pyridine rings is 9. The molecule has 8 aromatic carbocycles. The van der Waals surface area contributed by atoms with E-state index in [0.29, 0.717) is 23.3 Å². The van der Waals surface area contributed by atoms with Crippen LogP contribution in [-0.4, -0.2) is 114 Å². The largest absolute Gasteiger partial charge is 0.493 e. The third-order valence-electron chi connectivity index (χ3n) is 25.1. The average molecular weight is 1950 g/mol. The van der Waals surface area contributed by atoms with E-state index in [1.54, 1.807) is 77.3 Å². The molecule has 0 saturated heterocycles. The van der Waals surface area contributed by atoms with Crippen molar-refractivity contribution >= 4 is 112 Å². The molecule has 0 radical (unpaired) electrons. The highest BCUT2D eigenvalue weighted by molar-refractivity contribution is 6.31. The van der Waals surface area contributed by atoms with Gasteiger partial charge in [-0.15, -0.1) is 0 Å². The molecule has 20 rings (SSSR count). The first-order valence-electron chi connectivity index (χ1n) is 48.3. The molecule has 2 aliphatic heterocycles. The Labute approximate surface area is 849 Å². The molecule has 0 bridgehead atoms. The van der Waals surface area contributed by atoms with Crippen LogP contribution in [0.25, 0.3) is 155 Å². The van der Waals surface area contributed by atoms with Gasteiger partial charge in [0.05, 0.1) is 91.5 Å². The molecule has 4 atom stereocenters. The summed E-state index contributed by atoms with van der Waals surface area (Å²) in [4.78, 5) is 102. The zero-order valence-electron chi connectivity index (χ0n) is 84.7. The van der Waals surface area contributed by atoms with Gasteiger partial charge in [-0.3, -0.25) is 44.1 Å². The van der Waals surface area contributed by atoms with Gasteiger partial charge in [0.1, 0.15) is 42.2 Å². The maximum Gasteiger partial charge on any atom is 0.163 e. The second-order valence-corrected chi connectivity index (χ2v) is 41.4. The van der Waals surface area contributed by atoms with Gasteiger partial charge in [-0.1, -0.05) is 71.7 Å². The molecule has 2 aliphatic rings. The predicted octanol–water partition coefficient (Wildman–Crippen LogP) is 28.5. The molecular formula is C121H115Cl2N11O10. The number of Topliss-reactive ketones (excluding diaryl/α,β-unsaturated/α-hetero) is 4. The Morgan fingerprint density at radius 3 is 0.951 bits per heavy atom. The fourth-order valence-corrected chi connectivity index (χ4v) is 19.4. The Balaban J connectivity index is 0.000000132. The monoisotopic (exact) mass is 1950 g/mol. The highest BCUT2D eigenvalue weighted by Gasteiger charge is 2.37. The van der Waals surface area contributed by atoms with Crippen LogP contribution in [0, 0.1) is 27.7 Å². The van der Waals surface area contributed by atoms with E-state index in [0.717, 1.165) is 224 Å². The van der Waals surface area contributed by atoms with Crippen molar-refractivity contribution in [1.82, 2.24) is 54.8 Å². The standard InChI is InChI=1S/C33H31N3O3.C32H30N4O3.2C28H27ClN2O2/c1-19-18-26-23(6-8-25(36-26)21-10-14-34-15-11-21)30(28(19)32(20(2)37)39-33(3,4)5)24-7-9-27-29-22(13-17-38-27)12-16-35-31(24)29;1-18-14-25-22(6-8-24(36-25)21-15-33-17-34-16-21)29(27(18)31(19(2)37)39-32(3,4)5)23-7-9-26-28-20(11-13-38-26)10-12-35-30(23)28;1-17-16-24-22(10-11-23(31-24)19-12-14-30-15-13-19)26(20-6-8-21(29)9-7-20)25(17)27(18(2)32)33-28(3,4)5;1-17-15-24-22(12-13-23(31-24)20-7-6-14-30-16-20)26(19-8-10-21(29)11-9-19)25(17)27(18(2)32)33-28(3,4)5/h6-12,14-16,18,32H,13,17H2,1-5H3;6-10,12,14-17,31H,11,13H2,1-5H3;2*6-16,27H,1-5H3/t32-;31-;2*27-/m1111/s1. The summed E-state index contributed by atoms with van der Waals surface area (Å²) < 4.78 is 37.5. The normalized spacial score (nSPS) is 13.3. The van der Waals surface area contributed by atoms with Crippen molar-refractivity contribution in [3.63, 3.8) is 0 Å². The number of hydrogen-bond donors (Lipinski definition) is 0. The van der Waals surface area contributed by atoms with E-state index < -0.39 is 46.8 Å². The Morgan fingerprint density at radius 2 is 0.632 bits per heavy atom. The van der Waals surface area contributed by atoms with Crippen molar-refractivity contribution in [2.75, 3.05) is 13.2 Å². The van der Waals surface area contributed by atoms with Crippen LogP contribution < -0.4 is 9.47 Å². The van der Waals surface area contributed by atoms with E-state index in [1.165, 1.54) is 17.5 Å². The molecule has 10 aromatic heterocycles. The number of nitrogens with zero attached hydrogens (tertiary/aromatic N) is 11. The Hall–Kier alpha value is -14.6. The lowest BCUT2D eigenvalue weighted by Crippen LogP contribution is -2.27. The summed E-state index contributed by atoms with van der Waals surface area (Å²) in [6, 6.07) is 63.7. The maximum absolute atomic E-state index is 13.2. The molecule has 18 aromatic rings. The third kappa shape index (κ3) is 22.1. The molecule has 0 aliphatic carbocycles. The van der Waals surface area contributed by atoms with E-state index in [2.05, 4.69) is 73.5 Å². The number of ether oxygens (including phenoxy) is 6. The van der Waals surface area contributed by atoms with Gasteiger partial charge in [0.25, 0.3) is 0 Å². The SMILES string of the molecule is CC(=O)[C@@H](OC(C)(C)C)c1c(C)cc2nc(-c3cccnc3)ccc2c1-c1ccc(Cl)cc1.CC(=O)[C@@H](OC(C)(C)C)c1c(C)cc2nc(-c3ccncc3)ccc2c1-c1ccc(Cl)cc1.CC(=O)[C@@H](OC(C)(C)C)c1c(C)cc2nc(-c3ccncc3)ccc2c1-c1ccc2c3c(ccnc13)CCO2.CC(=O)[C@@H](OC(C)(C)C)c1c(C)cc2nc(-c3cncnc3)ccc2c1-c1ccc2c3c(ccnc13)CCO2. The summed E-state index contributed by atoms with van der Waals surface area (Å²) in [7, 11) is 0. The summed E-state index contributed by atoms with van der Waals surface area (Å²) in [6.45, 7) is 39.3. The first-order valence-corrected chi connectivity index (χ1v) is 49.0. The molecule has 0 unspecified atom stereocenters. The van der Waals surface area contributed by atoms with Crippen LogP contribution in [0.1, 0.15) is 191 Å². The van der Waals surface area contributed by atoms with Crippen LogP contribution in [0.4, 0.5) is 0 Å². The highest BCUT2D eigenvalue weighted by Crippen LogP contribution is 2.51. The highest BCUT2D eigenvalue weighted by atomic mass is 35.5. The molecule has 23 heteroatoms. The van der Waals surface area contributed by atoms with E-state index in [4.69, 9.17) is 81.5 Å². The van der Waals surface area contributed by atoms with Gasteiger partial charge >= 0.3 is 0 Å². The average Bonchev–Trinajstić information content (AvgIpc) is 0.736. The molecule has 144 heavy (non-hydrogen) atoms. The second-order valence-electron chi connectivity index (χ2n) is 40.5. The number of aromatic nitrogens is 11. The van der Waals surface area contributed by atoms with Gasteiger partial charge in [-0.05, 0) is 373 Å². The predicted molar refractivity (Wildman–Crippen MR) is 574 cm³/mol. The van der Waals surface area contributed by atoms with E-state index >= 15 is 0 Å². The van der Waals surface area contributed by atoms with E-state index in [-0.39, 0.29) is 23.1 Å². The summed E-state index contributed by atoms with van der Waals surface area (Å²) in [6.07, 6.45) is 18.1. The number of ketones is 4. The quantitative estimate of drug-likeness (QED) is 0.0686. The Kier molecular flexibility index (Phi) is 29.3. The molecular weight excluding hydrogens is 1840 g/mol. The number of fused-ring (bicyclic) bond motifs is 4. The van der Waals surface area contributed by atoms with Crippen LogP contribution >= 0.6 is 23.2 Å². The Morgan fingerprint density at radius 1 is 0.319 bits per heavy atom. The number of halogens is 2. The van der Waals surface area contributed by atoms with Gasteiger partial charge < -0.3 is 28.4 Å². The molecule has 0 saturated carbocycles. The molecule has 0 N–H and O–H groups in total. The lowest BCUT2D eigenvalue weighted by Gasteiger charge is -2.30. The zero-order valence-corrected chi connectivity index (χ0v) is 86.2. The molecule has 0 spiro atoms. The zero-order chi connectivity index (χ0) is 102. The van der Waals surface area contributed by atoms with Crippen LogP contribution in [0.3, 0.4) is 0 Å². The van der Waals surface area contributed by atoms with E-state index in [1.807, 2.05) is 269 Å². The number of benzene rings is 8. The van der Waals surface area contributed by atoms with Crippen molar-refractivity contribution in [2.24, 2.45) is 0 Å². The first-order chi connectivity index (χ1) is 68.7. The summed E-state index contributed by atoms with van der Waals surface area (Å²) in [5, 5.41) is 7.13. The smallest absolute Gasteiger partial charge is 0.163 e. The van der Waals surface area contributed by atoms with E-state index in [9.17, 15) is 19.2 Å². The molecule has 728 valence electrons. The summed E-state index contributed by atoms with van der Waals surface area (Å²) in [5.41, 5.74) is 27.3. The number of rotatable bonds is 20. The fraction of sp³-hybridized carbons (Fsp3) is 0.264. The topological polar surface area (TPSA) is 265 Å². The van der Waals surface area contributed by atoms with Gasteiger partial charge in [-0.25, -0.2) is 29.9 Å². The van der Waals surface area contributed by atoms with Gasteiger partial charge in [0.2, 0.25) is 0 Å². The molecule has 21 nitrogen and oxygen atoms in total. The lowest BCUT2D eigenvalue weighted by atomic mass is 9.85. The van der Waals surface area contributed by atoms with Crippen molar-refractivity contribution in [3.8, 4) is 101 Å². The van der Waals surface area contributed by atoms with Crippen molar-refractivity contribution < 1.29 is 47.6 Å². The third-order valence-corrected chi connectivity index (χ3v) is 25.6. The molecule has 0 fully saturated rings. The summed E-state index contributed by atoms with van der Waals surface area (Å²) in [5.74, 6) is 1.49. The minimum atomic E-state index is -0.756. The van der Waals surface area contributed by atoms with Gasteiger partial charge in [-0.2, -0.15) is 0 Å². The minimum Gasteiger partial charge on any atom is -0.493 e. The number of carbonyl (C=O) groups is 4. The van der Waals surface area contributed by atoms with Gasteiger partial charge in [0, 0.05) is 151 Å². The van der Waals surface area contributed by atoms with Crippen LogP contribution in [0.5, 0.6) is 11.5 Å². The van der Waals surface area contributed by atoms with Crippen molar-refractivity contribution in [2.45, 2.75) is 198 Å². The number of carbonyl (C=O) groups excluding carboxylic acids is 4. The van der Waals surface area contributed by atoms with Crippen LogP contribution in [0.2, 0.25) is 10.0 Å². The second kappa shape index (κ2) is 41.8. The van der Waals surface area contributed by atoms with Crippen LogP contribution in [-0.2, 0) is 51.0 Å². The number of hydrogen-bond acceptors (Lipinski definition) is 21.